The van der Waals surface area contributed by atoms with E-state index in [0.29, 0.717) is 16.1 Å². The molecule has 1 amide bonds. The van der Waals surface area contributed by atoms with Gasteiger partial charge in [0, 0.05) is 28.3 Å². The number of amides is 1. The van der Waals surface area contributed by atoms with Crippen LogP contribution >= 0.6 is 11.6 Å². The molecule has 0 aliphatic rings. The SMILES string of the molecule is C[C@@H](NC(=O)C[n+]1ccc(C(=O)c2ccccc2)cc1)c1ccc(Cl)cc1. The quantitative estimate of drug-likeness (QED) is 0.524. The van der Waals surface area contributed by atoms with Crippen LogP contribution in [0, 0.1) is 0 Å². The van der Waals surface area contributed by atoms with Crippen molar-refractivity contribution in [2.75, 3.05) is 0 Å². The number of carbonyl (C=O) groups is 2. The molecule has 1 aromatic heterocycles. The van der Waals surface area contributed by atoms with E-state index in [2.05, 4.69) is 5.32 Å². The maximum absolute atomic E-state index is 12.4. The van der Waals surface area contributed by atoms with Gasteiger partial charge < -0.3 is 5.32 Å². The van der Waals surface area contributed by atoms with Crippen molar-refractivity contribution in [3.05, 3.63) is 101 Å². The van der Waals surface area contributed by atoms with E-state index in [1.165, 1.54) is 0 Å². The second-order valence-electron chi connectivity index (χ2n) is 6.30. The zero-order valence-electron chi connectivity index (χ0n) is 14.9. The van der Waals surface area contributed by atoms with E-state index in [0.717, 1.165) is 5.56 Å². The lowest BCUT2D eigenvalue weighted by Gasteiger charge is -2.13. The Labute approximate surface area is 163 Å². The Bertz CT molecular complexity index is 923. The van der Waals surface area contributed by atoms with Crippen LogP contribution in [0.1, 0.15) is 34.5 Å². The largest absolute Gasteiger partial charge is 0.344 e. The summed E-state index contributed by atoms with van der Waals surface area (Å²) in [5.74, 6) is -0.145. The van der Waals surface area contributed by atoms with E-state index in [9.17, 15) is 9.59 Å². The minimum atomic E-state index is -0.116. The van der Waals surface area contributed by atoms with Crippen molar-refractivity contribution >= 4 is 23.3 Å². The number of pyridine rings is 1. The Hall–Kier alpha value is -2.98. The van der Waals surface area contributed by atoms with E-state index < -0.39 is 0 Å². The molecule has 0 saturated carbocycles. The second-order valence-corrected chi connectivity index (χ2v) is 6.73. The fourth-order valence-electron chi connectivity index (χ4n) is 2.76. The summed E-state index contributed by atoms with van der Waals surface area (Å²) in [4.78, 5) is 24.7. The zero-order valence-corrected chi connectivity index (χ0v) is 15.7. The van der Waals surface area contributed by atoms with Gasteiger partial charge in [-0.3, -0.25) is 9.59 Å². The molecule has 0 unspecified atom stereocenters. The standard InChI is InChI=1S/C22H19ClN2O2/c1-16(17-7-9-20(23)10-8-17)24-21(26)15-25-13-11-19(12-14-25)22(27)18-5-3-2-4-6-18/h2-14,16H,15H2,1H3/p+1/t16-/m1/s1. The molecule has 0 aliphatic heterocycles. The van der Waals surface area contributed by atoms with Gasteiger partial charge in [0.05, 0.1) is 6.04 Å². The topological polar surface area (TPSA) is 50.1 Å². The van der Waals surface area contributed by atoms with Crippen LogP contribution in [0.5, 0.6) is 0 Å². The van der Waals surface area contributed by atoms with E-state index in [1.807, 2.05) is 37.3 Å². The van der Waals surface area contributed by atoms with Gasteiger partial charge in [0.1, 0.15) is 0 Å². The third-order valence-corrected chi connectivity index (χ3v) is 4.51. The molecule has 0 spiro atoms. The van der Waals surface area contributed by atoms with E-state index in [-0.39, 0.29) is 24.3 Å². The molecule has 27 heavy (non-hydrogen) atoms. The van der Waals surface area contributed by atoms with Crippen LogP contribution < -0.4 is 9.88 Å². The Morgan fingerprint density at radius 1 is 0.926 bits per heavy atom. The predicted octanol–water partition coefficient (Wildman–Crippen LogP) is 3.74. The molecule has 2 aromatic carbocycles. The monoisotopic (exact) mass is 379 g/mol. The first-order chi connectivity index (χ1) is 13.0. The van der Waals surface area contributed by atoms with Crippen molar-refractivity contribution in [3.8, 4) is 0 Å². The predicted molar refractivity (Wildman–Crippen MR) is 105 cm³/mol. The Morgan fingerprint density at radius 2 is 1.52 bits per heavy atom. The number of halogens is 1. The maximum Gasteiger partial charge on any atom is 0.286 e. The highest BCUT2D eigenvalue weighted by Gasteiger charge is 2.15. The fraction of sp³-hybridized carbons (Fsp3) is 0.136. The van der Waals surface area contributed by atoms with Gasteiger partial charge >= 0.3 is 0 Å². The van der Waals surface area contributed by atoms with Gasteiger partial charge in [-0.1, -0.05) is 54.1 Å². The van der Waals surface area contributed by atoms with Crippen molar-refractivity contribution in [2.24, 2.45) is 0 Å². The van der Waals surface area contributed by atoms with Gasteiger partial charge in [0.15, 0.2) is 18.2 Å². The summed E-state index contributed by atoms with van der Waals surface area (Å²) in [5.41, 5.74) is 2.22. The highest BCUT2D eigenvalue weighted by atomic mass is 35.5. The van der Waals surface area contributed by atoms with Gasteiger partial charge in [-0.25, -0.2) is 0 Å². The molecule has 0 aliphatic carbocycles. The summed E-state index contributed by atoms with van der Waals surface area (Å²) in [6.45, 7) is 2.10. The number of carbonyl (C=O) groups excluding carboxylic acids is 2. The number of ketones is 1. The van der Waals surface area contributed by atoms with Crippen molar-refractivity contribution in [3.63, 3.8) is 0 Å². The molecule has 0 bridgehead atoms. The van der Waals surface area contributed by atoms with Crippen LogP contribution in [0.15, 0.2) is 79.1 Å². The molecule has 5 heteroatoms. The maximum atomic E-state index is 12.4. The molecule has 1 heterocycles. The number of hydrogen-bond acceptors (Lipinski definition) is 2. The molecular formula is C22H20ClN2O2+. The molecule has 0 radical (unpaired) electrons. The molecule has 3 aromatic rings. The van der Waals surface area contributed by atoms with Crippen molar-refractivity contribution in [2.45, 2.75) is 19.5 Å². The summed E-state index contributed by atoms with van der Waals surface area (Å²) < 4.78 is 1.74. The van der Waals surface area contributed by atoms with Gasteiger partial charge in [0.25, 0.3) is 5.91 Å². The lowest BCUT2D eigenvalue weighted by Crippen LogP contribution is -2.43. The lowest BCUT2D eigenvalue weighted by molar-refractivity contribution is -0.684. The van der Waals surface area contributed by atoms with Crippen molar-refractivity contribution in [1.82, 2.24) is 5.32 Å². The third kappa shape index (κ3) is 5.02. The first-order valence-corrected chi connectivity index (χ1v) is 9.04. The molecule has 136 valence electrons. The average molecular weight is 380 g/mol. The average Bonchev–Trinajstić information content (AvgIpc) is 2.69. The highest BCUT2D eigenvalue weighted by Crippen LogP contribution is 2.15. The second kappa shape index (κ2) is 8.60. The number of hydrogen-bond donors (Lipinski definition) is 1. The number of aromatic nitrogens is 1. The number of nitrogens with zero attached hydrogens (tertiary/aromatic N) is 1. The number of rotatable bonds is 6. The molecular weight excluding hydrogens is 360 g/mol. The Kier molecular flexibility index (Phi) is 5.99. The minimum absolute atomic E-state index is 0.0384. The first kappa shape index (κ1) is 18.8. The Balaban J connectivity index is 1.60. The normalized spacial score (nSPS) is 11.6. The zero-order chi connectivity index (χ0) is 19.2. The summed E-state index contributed by atoms with van der Waals surface area (Å²) in [6.07, 6.45) is 3.48. The first-order valence-electron chi connectivity index (χ1n) is 8.66. The summed E-state index contributed by atoms with van der Waals surface area (Å²) in [5, 5.41) is 3.62. The lowest BCUT2D eigenvalue weighted by atomic mass is 10.0. The Morgan fingerprint density at radius 3 is 2.15 bits per heavy atom. The number of nitrogens with one attached hydrogen (secondary N) is 1. The molecule has 0 saturated heterocycles. The smallest absolute Gasteiger partial charge is 0.286 e. The molecule has 4 nitrogen and oxygen atoms in total. The molecule has 0 fully saturated rings. The van der Waals surface area contributed by atoms with Crippen LogP contribution in [0.4, 0.5) is 0 Å². The highest BCUT2D eigenvalue weighted by molar-refractivity contribution is 6.30. The van der Waals surface area contributed by atoms with Gasteiger partial charge in [0.2, 0.25) is 6.54 Å². The van der Waals surface area contributed by atoms with Crippen LogP contribution in [-0.2, 0) is 11.3 Å². The molecule has 1 atom stereocenters. The molecule has 3 rings (SSSR count). The summed E-state index contributed by atoms with van der Waals surface area (Å²) in [7, 11) is 0. The van der Waals surface area contributed by atoms with Crippen LogP contribution in [0.3, 0.4) is 0 Å². The van der Waals surface area contributed by atoms with E-state index in [1.54, 1.807) is 53.4 Å². The van der Waals surface area contributed by atoms with Crippen LogP contribution in [0.2, 0.25) is 5.02 Å². The van der Waals surface area contributed by atoms with Crippen molar-refractivity contribution in [1.29, 1.82) is 0 Å². The number of benzene rings is 2. The fourth-order valence-corrected chi connectivity index (χ4v) is 2.88. The van der Waals surface area contributed by atoms with Gasteiger partial charge in [-0.05, 0) is 24.6 Å². The van der Waals surface area contributed by atoms with Crippen LogP contribution in [0.25, 0.3) is 0 Å². The van der Waals surface area contributed by atoms with Gasteiger partial charge in [-0.15, -0.1) is 0 Å². The molecule has 1 N–H and O–H groups in total. The van der Waals surface area contributed by atoms with E-state index >= 15 is 0 Å². The van der Waals surface area contributed by atoms with Gasteiger partial charge in [-0.2, -0.15) is 4.57 Å². The third-order valence-electron chi connectivity index (χ3n) is 4.26. The minimum Gasteiger partial charge on any atom is -0.344 e. The van der Waals surface area contributed by atoms with Crippen LogP contribution in [-0.4, -0.2) is 11.7 Å². The van der Waals surface area contributed by atoms with Crippen molar-refractivity contribution < 1.29 is 14.2 Å². The summed E-state index contributed by atoms with van der Waals surface area (Å²) in [6, 6.07) is 19.8. The summed E-state index contributed by atoms with van der Waals surface area (Å²) >= 11 is 5.89. The van der Waals surface area contributed by atoms with E-state index in [4.69, 9.17) is 11.6 Å².